The lowest BCUT2D eigenvalue weighted by atomic mass is 10.2. The van der Waals surface area contributed by atoms with Gasteiger partial charge < -0.3 is 10.2 Å². The maximum Gasteiger partial charge on any atom is 0.321 e. The lowest BCUT2D eigenvalue weighted by molar-refractivity contribution is 0.220. The summed E-state index contributed by atoms with van der Waals surface area (Å²) in [5.74, 6) is -2.06. The number of halogens is 3. The molecular weight excluding hydrogens is 307 g/mol. The standard InChI is InChI=1S/C16H12F3N3O/c1-22(9-10-2-3-13(18)7-14(10)19)16(23)21-15-5-4-12(17)6-11(15)8-20/h2-7H,9H2,1H3,(H,21,23). The van der Waals surface area contributed by atoms with Crippen molar-refractivity contribution in [1.82, 2.24) is 4.90 Å². The molecule has 2 rings (SSSR count). The highest BCUT2D eigenvalue weighted by Crippen LogP contribution is 2.17. The zero-order chi connectivity index (χ0) is 17.0. The largest absolute Gasteiger partial charge is 0.323 e. The molecule has 0 heterocycles. The fourth-order valence-corrected chi connectivity index (χ4v) is 1.91. The first-order valence-electron chi connectivity index (χ1n) is 6.56. The molecule has 2 aromatic rings. The second kappa shape index (κ2) is 6.83. The third-order valence-electron chi connectivity index (χ3n) is 3.11. The molecule has 2 amide bonds. The molecule has 0 fully saturated rings. The molecule has 0 atom stereocenters. The molecule has 0 saturated carbocycles. The average Bonchev–Trinajstić information content (AvgIpc) is 2.51. The van der Waals surface area contributed by atoms with E-state index in [1.807, 2.05) is 0 Å². The lowest BCUT2D eigenvalue weighted by Crippen LogP contribution is -2.31. The summed E-state index contributed by atoms with van der Waals surface area (Å²) in [5, 5.41) is 11.4. The van der Waals surface area contributed by atoms with Gasteiger partial charge in [0.2, 0.25) is 0 Å². The van der Waals surface area contributed by atoms with Gasteiger partial charge in [-0.1, -0.05) is 6.07 Å². The van der Waals surface area contributed by atoms with E-state index >= 15 is 0 Å². The Morgan fingerprint density at radius 3 is 2.48 bits per heavy atom. The Morgan fingerprint density at radius 2 is 1.83 bits per heavy atom. The molecular formula is C16H12F3N3O. The third-order valence-corrected chi connectivity index (χ3v) is 3.11. The Kier molecular flexibility index (Phi) is 4.86. The Hall–Kier alpha value is -3.01. The first-order valence-corrected chi connectivity index (χ1v) is 6.56. The summed E-state index contributed by atoms with van der Waals surface area (Å²) in [5.41, 5.74) is 0.258. The zero-order valence-corrected chi connectivity index (χ0v) is 12.1. The molecule has 4 nitrogen and oxygen atoms in total. The van der Waals surface area contributed by atoms with Gasteiger partial charge in [0.25, 0.3) is 0 Å². The van der Waals surface area contributed by atoms with Crippen molar-refractivity contribution in [3.8, 4) is 6.07 Å². The zero-order valence-electron chi connectivity index (χ0n) is 12.1. The number of carbonyl (C=O) groups excluding carboxylic acids is 1. The van der Waals surface area contributed by atoms with Gasteiger partial charge >= 0.3 is 6.03 Å². The fourth-order valence-electron chi connectivity index (χ4n) is 1.91. The minimum absolute atomic E-state index is 0.0280. The van der Waals surface area contributed by atoms with Crippen LogP contribution in [0.5, 0.6) is 0 Å². The number of amides is 2. The first-order chi connectivity index (χ1) is 10.9. The Balaban J connectivity index is 2.10. The summed E-state index contributed by atoms with van der Waals surface area (Å²) in [4.78, 5) is 13.2. The van der Waals surface area contributed by atoms with Crippen molar-refractivity contribution in [2.75, 3.05) is 12.4 Å². The molecule has 23 heavy (non-hydrogen) atoms. The molecule has 0 spiro atoms. The minimum Gasteiger partial charge on any atom is -0.323 e. The number of nitrogens with one attached hydrogen (secondary N) is 1. The van der Waals surface area contributed by atoms with E-state index in [0.717, 1.165) is 29.2 Å². The van der Waals surface area contributed by atoms with Gasteiger partial charge in [0, 0.05) is 25.2 Å². The van der Waals surface area contributed by atoms with Crippen molar-refractivity contribution in [2.45, 2.75) is 6.54 Å². The number of anilines is 1. The van der Waals surface area contributed by atoms with Crippen LogP contribution in [0.15, 0.2) is 36.4 Å². The Bertz CT molecular complexity index is 787. The summed E-state index contributed by atoms with van der Waals surface area (Å²) in [6.07, 6.45) is 0. The molecule has 2 aromatic carbocycles. The molecule has 1 N–H and O–H groups in total. The predicted molar refractivity (Wildman–Crippen MR) is 78.0 cm³/mol. The van der Waals surface area contributed by atoms with Crippen LogP contribution in [0.1, 0.15) is 11.1 Å². The van der Waals surface area contributed by atoms with Crippen LogP contribution in [-0.2, 0) is 6.54 Å². The second-order valence-electron chi connectivity index (χ2n) is 4.82. The summed E-state index contributed by atoms with van der Waals surface area (Å²) >= 11 is 0. The van der Waals surface area contributed by atoms with Crippen LogP contribution in [0.25, 0.3) is 0 Å². The van der Waals surface area contributed by atoms with Crippen LogP contribution in [0.2, 0.25) is 0 Å². The molecule has 0 aliphatic heterocycles. The van der Waals surface area contributed by atoms with Crippen LogP contribution >= 0.6 is 0 Å². The first kappa shape index (κ1) is 16.4. The SMILES string of the molecule is CN(Cc1ccc(F)cc1F)C(=O)Nc1ccc(F)cc1C#N. The normalized spacial score (nSPS) is 10.0. The van der Waals surface area contributed by atoms with Gasteiger partial charge in [-0.2, -0.15) is 5.26 Å². The van der Waals surface area contributed by atoms with E-state index in [1.54, 1.807) is 6.07 Å². The van der Waals surface area contributed by atoms with Gasteiger partial charge in [0.05, 0.1) is 11.3 Å². The summed E-state index contributed by atoms with van der Waals surface area (Å²) in [6.45, 7) is -0.0962. The highest BCUT2D eigenvalue weighted by atomic mass is 19.1. The van der Waals surface area contributed by atoms with Crippen LogP contribution in [0.3, 0.4) is 0 Å². The molecule has 0 aliphatic carbocycles. The van der Waals surface area contributed by atoms with Gasteiger partial charge in [0.15, 0.2) is 0 Å². The maximum absolute atomic E-state index is 13.6. The third kappa shape index (κ3) is 4.01. The second-order valence-corrected chi connectivity index (χ2v) is 4.82. The monoisotopic (exact) mass is 319 g/mol. The molecule has 0 aliphatic rings. The molecule has 0 radical (unpaired) electrons. The molecule has 0 saturated heterocycles. The Morgan fingerprint density at radius 1 is 1.17 bits per heavy atom. The Labute approximate surface area is 130 Å². The quantitative estimate of drug-likeness (QED) is 0.939. The van der Waals surface area contributed by atoms with Crippen molar-refractivity contribution in [1.29, 1.82) is 5.26 Å². The number of nitrogens with zero attached hydrogens (tertiary/aromatic N) is 2. The number of hydrogen-bond donors (Lipinski definition) is 1. The van der Waals surface area contributed by atoms with E-state index in [2.05, 4.69) is 5.32 Å². The van der Waals surface area contributed by atoms with E-state index in [9.17, 15) is 18.0 Å². The van der Waals surface area contributed by atoms with Crippen LogP contribution < -0.4 is 5.32 Å². The molecule has 0 bridgehead atoms. The number of benzene rings is 2. The van der Waals surface area contributed by atoms with Crippen molar-refractivity contribution in [3.05, 3.63) is 65.0 Å². The summed E-state index contributed by atoms with van der Waals surface area (Å²) in [7, 11) is 1.41. The van der Waals surface area contributed by atoms with Gasteiger partial charge in [-0.05, 0) is 24.3 Å². The molecule has 0 unspecified atom stereocenters. The van der Waals surface area contributed by atoms with Crippen LogP contribution in [-0.4, -0.2) is 18.0 Å². The molecule has 118 valence electrons. The average molecular weight is 319 g/mol. The van der Waals surface area contributed by atoms with Crippen LogP contribution in [0.4, 0.5) is 23.7 Å². The molecule has 0 aromatic heterocycles. The molecule has 7 heteroatoms. The topological polar surface area (TPSA) is 56.1 Å². The van der Waals surface area contributed by atoms with Crippen molar-refractivity contribution >= 4 is 11.7 Å². The predicted octanol–water partition coefficient (Wildman–Crippen LogP) is 3.64. The van der Waals surface area contributed by atoms with Gasteiger partial charge in [0.1, 0.15) is 23.5 Å². The fraction of sp³-hybridized carbons (Fsp3) is 0.125. The highest BCUT2D eigenvalue weighted by Gasteiger charge is 2.14. The van der Waals surface area contributed by atoms with Crippen molar-refractivity contribution in [2.24, 2.45) is 0 Å². The smallest absolute Gasteiger partial charge is 0.321 e. The number of urea groups is 1. The number of hydrogen-bond acceptors (Lipinski definition) is 2. The van der Waals surface area contributed by atoms with Crippen LogP contribution in [0, 0.1) is 28.8 Å². The lowest BCUT2D eigenvalue weighted by Gasteiger charge is -2.19. The summed E-state index contributed by atoms with van der Waals surface area (Å²) in [6, 6.07) is 7.59. The van der Waals surface area contributed by atoms with E-state index < -0.39 is 23.5 Å². The maximum atomic E-state index is 13.6. The van der Waals surface area contributed by atoms with E-state index in [1.165, 1.54) is 19.2 Å². The van der Waals surface area contributed by atoms with E-state index in [-0.39, 0.29) is 23.4 Å². The number of rotatable bonds is 3. The highest BCUT2D eigenvalue weighted by molar-refractivity contribution is 5.90. The number of nitriles is 1. The van der Waals surface area contributed by atoms with E-state index in [4.69, 9.17) is 5.26 Å². The van der Waals surface area contributed by atoms with Gasteiger partial charge in [-0.3, -0.25) is 0 Å². The van der Waals surface area contributed by atoms with E-state index in [0.29, 0.717) is 0 Å². The van der Waals surface area contributed by atoms with Gasteiger partial charge in [-0.25, -0.2) is 18.0 Å². The number of carbonyl (C=O) groups is 1. The summed E-state index contributed by atoms with van der Waals surface area (Å²) < 4.78 is 39.5. The minimum atomic E-state index is -0.760. The van der Waals surface area contributed by atoms with Crippen molar-refractivity contribution in [3.63, 3.8) is 0 Å². The van der Waals surface area contributed by atoms with Crippen molar-refractivity contribution < 1.29 is 18.0 Å². The van der Waals surface area contributed by atoms with Gasteiger partial charge in [-0.15, -0.1) is 0 Å².